The van der Waals surface area contributed by atoms with Gasteiger partial charge >= 0.3 is 12.1 Å². The Labute approximate surface area is 237 Å². The fraction of sp³-hybridized carbons (Fsp3) is 0.290. The normalized spacial score (nSPS) is 18.9. The number of hydrogen-bond donors (Lipinski definition) is 4. The number of nitrogens with one attached hydrogen (secondary N) is 3. The van der Waals surface area contributed by atoms with Crippen molar-refractivity contribution in [3.8, 4) is 11.1 Å². The molecule has 0 saturated carbocycles. The van der Waals surface area contributed by atoms with Crippen molar-refractivity contribution in [3.05, 3.63) is 95.6 Å². The van der Waals surface area contributed by atoms with E-state index in [-0.39, 0.29) is 25.7 Å². The molecular formula is C31H31N3O7. The minimum Gasteiger partial charge on any atom is -0.481 e. The molecule has 0 bridgehead atoms. The van der Waals surface area contributed by atoms with Gasteiger partial charge < -0.3 is 30.5 Å². The van der Waals surface area contributed by atoms with Gasteiger partial charge in [0.25, 0.3) is 0 Å². The van der Waals surface area contributed by atoms with Crippen molar-refractivity contribution in [3.63, 3.8) is 0 Å². The zero-order chi connectivity index (χ0) is 28.9. The number of alkyl carbamates (subject to hydrolysis) is 1. The maximum atomic E-state index is 13.4. The summed E-state index contributed by atoms with van der Waals surface area (Å²) < 4.78 is 11.5. The molecule has 10 heteroatoms. The molecule has 1 aliphatic heterocycles. The number of hydrogen-bond acceptors (Lipinski definition) is 6. The summed E-state index contributed by atoms with van der Waals surface area (Å²) in [7, 11) is 0. The van der Waals surface area contributed by atoms with Gasteiger partial charge in [0.2, 0.25) is 11.8 Å². The van der Waals surface area contributed by atoms with E-state index in [1.807, 2.05) is 78.9 Å². The smallest absolute Gasteiger partial charge is 0.407 e. The minimum absolute atomic E-state index is 0.0412. The molecule has 0 aromatic heterocycles. The van der Waals surface area contributed by atoms with Crippen LogP contribution in [0.1, 0.15) is 29.5 Å². The second-order valence-corrected chi connectivity index (χ2v) is 10.1. The highest BCUT2D eigenvalue weighted by atomic mass is 16.5. The van der Waals surface area contributed by atoms with Gasteiger partial charge in [-0.15, -0.1) is 0 Å². The maximum absolute atomic E-state index is 13.4. The highest BCUT2D eigenvalue weighted by Crippen LogP contribution is 2.44. The highest BCUT2D eigenvalue weighted by molar-refractivity contribution is 5.96. The number of carbonyl (C=O) groups excluding carboxylic acids is 3. The van der Waals surface area contributed by atoms with Crippen LogP contribution in [-0.4, -0.2) is 60.3 Å². The van der Waals surface area contributed by atoms with E-state index in [4.69, 9.17) is 9.47 Å². The van der Waals surface area contributed by atoms with Gasteiger partial charge in [-0.05, 0) is 34.7 Å². The highest BCUT2D eigenvalue weighted by Gasteiger charge is 2.42. The lowest BCUT2D eigenvalue weighted by Gasteiger charge is -2.26. The number of aliphatic carboxylic acids is 1. The van der Waals surface area contributed by atoms with Crippen LogP contribution in [0.25, 0.3) is 11.1 Å². The first-order valence-electron chi connectivity index (χ1n) is 13.4. The van der Waals surface area contributed by atoms with E-state index in [9.17, 15) is 24.3 Å². The van der Waals surface area contributed by atoms with Gasteiger partial charge in [-0.2, -0.15) is 0 Å². The number of ether oxygens (including phenoxy) is 2. The average Bonchev–Trinajstić information content (AvgIpc) is 3.51. The van der Waals surface area contributed by atoms with Crippen molar-refractivity contribution in [1.82, 2.24) is 16.0 Å². The predicted molar refractivity (Wildman–Crippen MR) is 149 cm³/mol. The van der Waals surface area contributed by atoms with Crippen LogP contribution in [0.3, 0.4) is 0 Å². The molecule has 1 saturated heterocycles. The Kier molecular flexibility index (Phi) is 8.30. The second-order valence-electron chi connectivity index (χ2n) is 10.1. The largest absolute Gasteiger partial charge is 0.481 e. The first-order valence-corrected chi connectivity index (χ1v) is 13.4. The number of amides is 3. The number of fused-ring (bicyclic) bond motifs is 3. The molecule has 0 spiro atoms. The molecule has 1 fully saturated rings. The molecule has 0 radical (unpaired) electrons. The molecule has 1 heterocycles. The molecule has 3 aromatic rings. The fourth-order valence-electron chi connectivity index (χ4n) is 5.32. The van der Waals surface area contributed by atoms with E-state index in [2.05, 4.69) is 16.0 Å². The average molecular weight is 558 g/mol. The van der Waals surface area contributed by atoms with E-state index in [1.165, 1.54) is 0 Å². The Morgan fingerprint density at radius 1 is 0.951 bits per heavy atom. The van der Waals surface area contributed by atoms with Gasteiger partial charge in [0.15, 0.2) is 0 Å². The lowest BCUT2D eigenvalue weighted by molar-refractivity contribution is -0.143. The molecule has 4 atom stereocenters. The Morgan fingerprint density at radius 3 is 2.20 bits per heavy atom. The zero-order valence-electron chi connectivity index (χ0n) is 22.4. The molecule has 5 rings (SSSR count). The Hall–Kier alpha value is -4.70. The minimum atomic E-state index is -1.28. The van der Waals surface area contributed by atoms with Crippen LogP contribution in [0.2, 0.25) is 0 Å². The Morgan fingerprint density at radius 2 is 1.56 bits per heavy atom. The number of carboxylic acids is 1. The Balaban J connectivity index is 1.29. The van der Waals surface area contributed by atoms with Crippen LogP contribution in [0.5, 0.6) is 0 Å². The van der Waals surface area contributed by atoms with Crippen molar-refractivity contribution in [2.45, 2.75) is 37.6 Å². The molecule has 10 nitrogen and oxygen atoms in total. The van der Waals surface area contributed by atoms with Gasteiger partial charge in [0.1, 0.15) is 24.6 Å². The third-order valence-electron chi connectivity index (χ3n) is 7.52. The molecular weight excluding hydrogens is 526 g/mol. The Bertz CT molecular complexity index is 1400. The molecule has 2 unspecified atom stereocenters. The van der Waals surface area contributed by atoms with Crippen LogP contribution >= 0.6 is 0 Å². The monoisotopic (exact) mass is 557 g/mol. The predicted octanol–water partition coefficient (Wildman–Crippen LogP) is 2.81. The molecule has 41 heavy (non-hydrogen) atoms. The summed E-state index contributed by atoms with van der Waals surface area (Å²) in [5.74, 6) is -3.90. The van der Waals surface area contributed by atoms with Crippen LogP contribution in [-0.2, 0) is 30.5 Å². The lowest BCUT2D eigenvalue weighted by atomic mass is 9.98. The SMILES string of the molecule is C[C@H](OCc1ccccc1)[C@@H](NC(=O)OCC1c2ccccc2-c2ccccc21)C(=O)NC1C(=O)NCC1C(=O)O. The number of carbonyl (C=O) groups is 4. The number of rotatable bonds is 10. The number of benzene rings is 3. The van der Waals surface area contributed by atoms with Crippen molar-refractivity contribution in [1.29, 1.82) is 0 Å². The van der Waals surface area contributed by atoms with Crippen molar-refractivity contribution in [2.24, 2.45) is 5.92 Å². The van der Waals surface area contributed by atoms with Gasteiger partial charge in [-0.3, -0.25) is 14.4 Å². The summed E-state index contributed by atoms with van der Waals surface area (Å²) in [6, 6.07) is 22.6. The summed E-state index contributed by atoms with van der Waals surface area (Å²) in [5, 5.41) is 17.0. The van der Waals surface area contributed by atoms with E-state index >= 15 is 0 Å². The van der Waals surface area contributed by atoms with Crippen LogP contribution in [0, 0.1) is 5.92 Å². The first kappa shape index (κ1) is 27.9. The van der Waals surface area contributed by atoms with Crippen LogP contribution < -0.4 is 16.0 Å². The molecule has 212 valence electrons. The van der Waals surface area contributed by atoms with Gasteiger partial charge in [-0.25, -0.2) is 4.79 Å². The standard InChI is InChI=1S/C31H31N3O7/c1-18(40-16-19-9-3-2-4-10-19)26(29(36)33-27-24(30(37)38)15-32-28(27)35)34-31(39)41-17-25-22-13-7-5-11-20(22)21-12-6-8-14-23(21)25/h2-14,18,24-27H,15-17H2,1H3,(H,32,35)(H,33,36)(H,34,39)(H,37,38)/t18-,24?,26+,27?/m0/s1. The fourth-order valence-corrected chi connectivity index (χ4v) is 5.32. The van der Waals surface area contributed by atoms with Gasteiger partial charge in [-0.1, -0.05) is 78.9 Å². The van der Waals surface area contributed by atoms with Gasteiger partial charge in [0.05, 0.1) is 12.7 Å². The number of carboxylic acid groups (broad SMARTS) is 1. The molecule has 3 aromatic carbocycles. The topological polar surface area (TPSA) is 143 Å². The van der Waals surface area contributed by atoms with E-state index in [0.717, 1.165) is 27.8 Å². The second kappa shape index (κ2) is 12.2. The zero-order valence-corrected chi connectivity index (χ0v) is 22.4. The maximum Gasteiger partial charge on any atom is 0.407 e. The summed E-state index contributed by atoms with van der Waals surface area (Å²) in [6.45, 7) is 1.71. The summed E-state index contributed by atoms with van der Waals surface area (Å²) >= 11 is 0. The first-order chi connectivity index (χ1) is 19.8. The van der Waals surface area contributed by atoms with Crippen LogP contribution in [0.15, 0.2) is 78.9 Å². The van der Waals surface area contributed by atoms with E-state index in [0.29, 0.717) is 0 Å². The summed E-state index contributed by atoms with van der Waals surface area (Å²) in [5.41, 5.74) is 5.12. The molecule has 3 amide bonds. The third kappa shape index (κ3) is 6.07. The van der Waals surface area contributed by atoms with E-state index in [1.54, 1.807) is 6.92 Å². The van der Waals surface area contributed by atoms with Crippen molar-refractivity contribution < 1.29 is 33.8 Å². The summed E-state index contributed by atoms with van der Waals surface area (Å²) in [6.07, 6.45) is -1.68. The van der Waals surface area contributed by atoms with Crippen LogP contribution in [0.4, 0.5) is 4.79 Å². The van der Waals surface area contributed by atoms with Gasteiger partial charge in [0, 0.05) is 12.5 Å². The molecule has 1 aliphatic carbocycles. The van der Waals surface area contributed by atoms with Crippen molar-refractivity contribution >= 4 is 23.9 Å². The molecule has 2 aliphatic rings. The van der Waals surface area contributed by atoms with E-state index < -0.39 is 48.0 Å². The quantitative estimate of drug-likeness (QED) is 0.300. The van der Waals surface area contributed by atoms with Crippen molar-refractivity contribution in [2.75, 3.05) is 13.2 Å². The summed E-state index contributed by atoms with van der Waals surface area (Å²) in [4.78, 5) is 50.3. The lowest BCUT2D eigenvalue weighted by Crippen LogP contribution is -2.57. The third-order valence-corrected chi connectivity index (χ3v) is 7.52. The molecule has 4 N–H and O–H groups in total.